The fourth-order valence-electron chi connectivity index (χ4n) is 2.51. The summed E-state index contributed by atoms with van der Waals surface area (Å²) in [5, 5.41) is 8.84. The van der Waals surface area contributed by atoms with E-state index in [-0.39, 0.29) is 5.69 Å². The zero-order valence-corrected chi connectivity index (χ0v) is 12.3. The van der Waals surface area contributed by atoms with E-state index in [4.69, 9.17) is 0 Å². The van der Waals surface area contributed by atoms with Gasteiger partial charge in [0.1, 0.15) is 18.7 Å². The Morgan fingerprint density at radius 2 is 1.95 bits per heavy atom. The van der Waals surface area contributed by atoms with Gasteiger partial charge in [-0.05, 0) is 25.0 Å². The van der Waals surface area contributed by atoms with Crippen LogP contribution in [-0.4, -0.2) is 29.1 Å². The Bertz CT molecular complexity index is 856. The maximum absolute atomic E-state index is 12.2. The van der Waals surface area contributed by atoms with Crippen molar-refractivity contribution in [2.75, 3.05) is 0 Å². The zero-order chi connectivity index (χ0) is 15.1. The van der Waals surface area contributed by atoms with E-state index >= 15 is 0 Å². The Kier molecular flexibility index (Phi) is 2.92. The van der Waals surface area contributed by atoms with Crippen molar-refractivity contribution in [1.82, 2.24) is 29.1 Å². The second kappa shape index (κ2) is 4.94. The maximum atomic E-state index is 12.2. The first-order chi connectivity index (χ1) is 10.7. The summed E-state index contributed by atoms with van der Waals surface area (Å²) in [4.78, 5) is 16.5. The van der Waals surface area contributed by atoms with Gasteiger partial charge in [0.15, 0.2) is 5.82 Å². The average Bonchev–Trinajstić information content (AvgIpc) is 3.22. The second-order valence-electron chi connectivity index (χ2n) is 5.57. The van der Waals surface area contributed by atoms with Crippen molar-refractivity contribution < 1.29 is 0 Å². The molecule has 7 nitrogen and oxygen atoms in total. The number of benzene rings is 1. The number of hydrogen-bond donors (Lipinski definition) is 0. The molecular weight excluding hydrogens is 280 g/mol. The highest BCUT2D eigenvalue weighted by molar-refractivity contribution is 5.29. The van der Waals surface area contributed by atoms with Crippen molar-refractivity contribution in [1.29, 1.82) is 0 Å². The summed E-state index contributed by atoms with van der Waals surface area (Å²) in [5.74, 6) is 1.88. The number of para-hydroxylation sites is 1. The van der Waals surface area contributed by atoms with Gasteiger partial charge in [-0.3, -0.25) is 4.57 Å². The van der Waals surface area contributed by atoms with Gasteiger partial charge < -0.3 is 0 Å². The Hall–Kier alpha value is -2.70. The molecule has 1 aromatic carbocycles. The van der Waals surface area contributed by atoms with Crippen LogP contribution in [0.4, 0.5) is 0 Å². The first-order valence-corrected chi connectivity index (χ1v) is 7.32. The Balaban J connectivity index is 1.61. The summed E-state index contributed by atoms with van der Waals surface area (Å²) >= 11 is 0. The molecule has 1 fully saturated rings. The van der Waals surface area contributed by atoms with Crippen LogP contribution in [0.15, 0.2) is 41.5 Å². The minimum atomic E-state index is -0.113. The summed E-state index contributed by atoms with van der Waals surface area (Å²) in [7, 11) is 1.77. The van der Waals surface area contributed by atoms with Gasteiger partial charge in [-0.25, -0.2) is 19.1 Å². The van der Waals surface area contributed by atoms with Crippen LogP contribution in [-0.2, 0) is 13.6 Å². The summed E-state index contributed by atoms with van der Waals surface area (Å²) in [6.07, 6.45) is 3.89. The van der Waals surface area contributed by atoms with E-state index in [1.807, 2.05) is 30.3 Å². The van der Waals surface area contributed by atoms with Crippen molar-refractivity contribution in [2.24, 2.45) is 7.05 Å². The normalized spacial score (nSPS) is 14.4. The summed E-state index contributed by atoms with van der Waals surface area (Å²) in [6, 6.07) is 9.76. The molecule has 0 spiro atoms. The minimum Gasteiger partial charge on any atom is -0.282 e. The number of nitrogens with zero attached hydrogens (tertiary/aromatic N) is 6. The van der Waals surface area contributed by atoms with Gasteiger partial charge in [0.25, 0.3) is 0 Å². The van der Waals surface area contributed by atoms with Crippen LogP contribution < -0.4 is 5.69 Å². The zero-order valence-electron chi connectivity index (χ0n) is 12.3. The van der Waals surface area contributed by atoms with Crippen LogP contribution in [0.3, 0.4) is 0 Å². The lowest BCUT2D eigenvalue weighted by Crippen LogP contribution is -2.24. The molecule has 1 aliphatic carbocycles. The van der Waals surface area contributed by atoms with E-state index < -0.39 is 0 Å². The maximum Gasteiger partial charge on any atom is 0.346 e. The predicted molar refractivity (Wildman–Crippen MR) is 79.9 cm³/mol. The fraction of sp³-hybridized carbons (Fsp3) is 0.333. The van der Waals surface area contributed by atoms with Gasteiger partial charge in [-0.1, -0.05) is 18.2 Å². The molecule has 3 aromatic rings. The molecule has 7 heteroatoms. The number of rotatable bonds is 4. The van der Waals surface area contributed by atoms with Gasteiger partial charge in [0.2, 0.25) is 0 Å². The van der Waals surface area contributed by atoms with Crippen LogP contribution in [0.5, 0.6) is 0 Å². The van der Waals surface area contributed by atoms with E-state index in [9.17, 15) is 4.79 Å². The van der Waals surface area contributed by atoms with Crippen LogP contribution in [0, 0.1) is 0 Å². The molecule has 0 unspecified atom stereocenters. The first kappa shape index (κ1) is 13.0. The van der Waals surface area contributed by atoms with Gasteiger partial charge in [-0.2, -0.15) is 5.10 Å². The van der Waals surface area contributed by atoms with Gasteiger partial charge in [0, 0.05) is 13.0 Å². The quantitative estimate of drug-likeness (QED) is 0.722. The van der Waals surface area contributed by atoms with E-state index in [0.717, 1.165) is 24.4 Å². The number of aromatic nitrogens is 6. The van der Waals surface area contributed by atoms with Crippen LogP contribution in [0.25, 0.3) is 5.69 Å². The largest absolute Gasteiger partial charge is 0.346 e. The van der Waals surface area contributed by atoms with Crippen LogP contribution in [0.1, 0.15) is 30.4 Å². The predicted octanol–water partition coefficient (Wildman–Crippen LogP) is 1.09. The van der Waals surface area contributed by atoms with Crippen molar-refractivity contribution in [2.45, 2.75) is 25.3 Å². The molecule has 112 valence electrons. The molecule has 0 saturated heterocycles. The Morgan fingerprint density at radius 3 is 2.68 bits per heavy atom. The van der Waals surface area contributed by atoms with Gasteiger partial charge in [0.05, 0.1) is 5.69 Å². The molecule has 0 aliphatic heterocycles. The fourth-order valence-corrected chi connectivity index (χ4v) is 2.51. The Morgan fingerprint density at radius 1 is 1.18 bits per heavy atom. The SMILES string of the molecule is Cn1c(C2CC2)nn(Cc2ncn(-c3ccccc3)n2)c1=O. The van der Waals surface area contributed by atoms with E-state index in [0.29, 0.717) is 18.3 Å². The minimum absolute atomic E-state index is 0.113. The molecule has 4 rings (SSSR count). The second-order valence-corrected chi connectivity index (χ2v) is 5.57. The van der Waals surface area contributed by atoms with Crippen LogP contribution in [0.2, 0.25) is 0 Å². The van der Waals surface area contributed by atoms with Crippen molar-refractivity contribution in [3.63, 3.8) is 0 Å². The third-order valence-corrected chi connectivity index (χ3v) is 3.87. The van der Waals surface area contributed by atoms with Crippen LogP contribution >= 0.6 is 0 Å². The highest BCUT2D eigenvalue weighted by Gasteiger charge is 2.29. The third kappa shape index (κ3) is 2.24. The molecule has 1 saturated carbocycles. The monoisotopic (exact) mass is 296 g/mol. The molecule has 0 bridgehead atoms. The molecule has 22 heavy (non-hydrogen) atoms. The van der Waals surface area contributed by atoms with Crippen molar-refractivity contribution >= 4 is 0 Å². The van der Waals surface area contributed by atoms with E-state index in [1.165, 1.54) is 4.68 Å². The summed E-state index contributed by atoms with van der Waals surface area (Å²) in [6.45, 7) is 0.291. The molecule has 2 heterocycles. The van der Waals surface area contributed by atoms with Crippen molar-refractivity contribution in [3.8, 4) is 5.69 Å². The summed E-state index contributed by atoms with van der Waals surface area (Å²) in [5.41, 5.74) is 0.825. The smallest absolute Gasteiger partial charge is 0.282 e. The topological polar surface area (TPSA) is 70.5 Å². The Labute approximate surface area is 126 Å². The highest BCUT2D eigenvalue weighted by Crippen LogP contribution is 2.38. The van der Waals surface area contributed by atoms with E-state index in [2.05, 4.69) is 15.2 Å². The van der Waals surface area contributed by atoms with Crippen molar-refractivity contribution in [3.05, 3.63) is 58.8 Å². The molecule has 1 aliphatic rings. The lowest BCUT2D eigenvalue weighted by atomic mass is 10.3. The van der Waals surface area contributed by atoms with Gasteiger partial charge in [-0.15, -0.1) is 5.10 Å². The average molecular weight is 296 g/mol. The molecule has 0 atom stereocenters. The first-order valence-electron chi connectivity index (χ1n) is 7.32. The highest BCUT2D eigenvalue weighted by atomic mass is 16.2. The number of hydrogen-bond acceptors (Lipinski definition) is 4. The van der Waals surface area contributed by atoms with Gasteiger partial charge >= 0.3 is 5.69 Å². The molecule has 0 N–H and O–H groups in total. The molecule has 2 aromatic heterocycles. The lowest BCUT2D eigenvalue weighted by Gasteiger charge is -1.98. The molecule has 0 radical (unpaired) electrons. The lowest BCUT2D eigenvalue weighted by molar-refractivity contribution is 0.617. The molecular formula is C15H16N6O. The summed E-state index contributed by atoms with van der Waals surface area (Å²) < 4.78 is 4.77. The third-order valence-electron chi connectivity index (χ3n) is 3.87. The molecule has 0 amide bonds. The standard InChI is InChI=1S/C15H16N6O/c1-19-14(11-7-8-11)18-20(15(19)22)9-13-16-10-21(17-13)12-5-3-2-4-6-12/h2-6,10-11H,7-9H2,1H3. The van der Waals surface area contributed by atoms with E-state index in [1.54, 1.807) is 22.6 Å².